The van der Waals surface area contributed by atoms with E-state index in [1.807, 2.05) is 0 Å². The summed E-state index contributed by atoms with van der Waals surface area (Å²) in [5, 5.41) is 9.89. The molecular weight excluding hydrogens is 164 g/mol. The van der Waals surface area contributed by atoms with Crippen molar-refractivity contribution in [3.8, 4) is 0 Å². The Morgan fingerprint density at radius 2 is 2.38 bits per heavy atom. The monoisotopic (exact) mass is 178 g/mol. The van der Waals surface area contributed by atoms with Gasteiger partial charge in [0.25, 0.3) is 0 Å². The van der Waals surface area contributed by atoms with Crippen LogP contribution in [0, 0.1) is 11.8 Å². The van der Waals surface area contributed by atoms with Crippen LogP contribution < -0.4 is 5.73 Å². The number of nitrogens with two attached hydrogens (primary N) is 1. The Bertz CT molecular complexity index is 314. The van der Waals surface area contributed by atoms with Crippen LogP contribution in [0.4, 0.5) is 5.69 Å². The SMILES string of the molecule is CC1CC1C(O)c1cnccc1N. The maximum absolute atomic E-state index is 9.89. The van der Waals surface area contributed by atoms with Crippen molar-refractivity contribution in [3.05, 3.63) is 24.0 Å². The average molecular weight is 178 g/mol. The van der Waals surface area contributed by atoms with E-state index < -0.39 is 6.10 Å². The third-order valence-corrected chi connectivity index (χ3v) is 2.78. The molecule has 1 aromatic heterocycles. The second-order valence-electron chi connectivity index (χ2n) is 3.83. The zero-order chi connectivity index (χ0) is 9.42. The highest BCUT2D eigenvalue weighted by molar-refractivity contribution is 5.46. The van der Waals surface area contributed by atoms with Gasteiger partial charge in [0.2, 0.25) is 0 Å². The lowest BCUT2D eigenvalue weighted by Crippen LogP contribution is -2.05. The Morgan fingerprint density at radius 3 is 2.92 bits per heavy atom. The zero-order valence-corrected chi connectivity index (χ0v) is 7.64. The van der Waals surface area contributed by atoms with Crippen LogP contribution in [0.3, 0.4) is 0 Å². The van der Waals surface area contributed by atoms with Crippen molar-refractivity contribution < 1.29 is 5.11 Å². The van der Waals surface area contributed by atoms with Crippen LogP contribution in [-0.2, 0) is 0 Å². The lowest BCUT2D eigenvalue weighted by Gasteiger charge is -2.11. The Balaban J connectivity index is 2.20. The number of aliphatic hydroxyl groups excluding tert-OH is 1. The van der Waals surface area contributed by atoms with Crippen LogP contribution in [0.1, 0.15) is 25.0 Å². The standard InChI is InChI=1S/C10H14N2O/c1-6-4-7(6)10(13)8-5-12-3-2-9(8)11/h2-3,5-7,10,13H,4H2,1H3,(H2,11,12). The van der Waals surface area contributed by atoms with Crippen LogP contribution >= 0.6 is 0 Å². The molecule has 1 aromatic rings. The molecule has 3 N–H and O–H groups in total. The zero-order valence-electron chi connectivity index (χ0n) is 7.64. The van der Waals surface area contributed by atoms with E-state index in [4.69, 9.17) is 5.73 Å². The van der Waals surface area contributed by atoms with E-state index in [9.17, 15) is 5.11 Å². The molecular formula is C10H14N2O. The molecule has 0 spiro atoms. The fourth-order valence-electron chi connectivity index (χ4n) is 1.69. The highest BCUT2D eigenvalue weighted by Gasteiger charge is 2.39. The maximum Gasteiger partial charge on any atom is 0.0855 e. The Labute approximate surface area is 77.6 Å². The quantitative estimate of drug-likeness (QED) is 0.718. The summed E-state index contributed by atoms with van der Waals surface area (Å²) in [4.78, 5) is 3.96. The fourth-order valence-corrected chi connectivity index (χ4v) is 1.69. The first-order valence-corrected chi connectivity index (χ1v) is 4.57. The number of hydrogen-bond donors (Lipinski definition) is 2. The van der Waals surface area contributed by atoms with Crippen LogP contribution in [0.25, 0.3) is 0 Å². The van der Waals surface area contributed by atoms with Gasteiger partial charge in [-0.2, -0.15) is 0 Å². The summed E-state index contributed by atoms with van der Waals surface area (Å²) in [6, 6.07) is 1.73. The third kappa shape index (κ3) is 1.52. The summed E-state index contributed by atoms with van der Waals surface area (Å²) in [6.45, 7) is 2.14. The average Bonchev–Trinajstić information content (AvgIpc) is 2.82. The van der Waals surface area contributed by atoms with Crippen LogP contribution in [-0.4, -0.2) is 10.1 Å². The molecule has 3 nitrogen and oxygen atoms in total. The Kier molecular flexibility index (Phi) is 1.96. The molecule has 1 heterocycles. The minimum absolute atomic E-state index is 0.381. The van der Waals surface area contributed by atoms with E-state index in [1.54, 1.807) is 18.5 Å². The summed E-state index contributed by atoms with van der Waals surface area (Å²) in [7, 11) is 0. The molecule has 3 unspecified atom stereocenters. The normalized spacial score (nSPS) is 28.5. The van der Waals surface area contributed by atoms with E-state index in [0.717, 1.165) is 12.0 Å². The molecule has 0 aliphatic heterocycles. The predicted octanol–water partition coefficient (Wildman–Crippen LogP) is 1.35. The van der Waals surface area contributed by atoms with Crippen molar-refractivity contribution in [2.45, 2.75) is 19.4 Å². The van der Waals surface area contributed by atoms with Gasteiger partial charge in [0, 0.05) is 23.6 Å². The van der Waals surface area contributed by atoms with Crippen molar-refractivity contribution in [1.82, 2.24) is 4.98 Å². The van der Waals surface area contributed by atoms with E-state index in [0.29, 0.717) is 17.5 Å². The molecule has 70 valence electrons. The van der Waals surface area contributed by atoms with Gasteiger partial charge in [0.05, 0.1) is 6.10 Å². The van der Waals surface area contributed by atoms with Gasteiger partial charge in [-0.25, -0.2) is 0 Å². The third-order valence-electron chi connectivity index (χ3n) is 2.78. The molecule has 13 heavy (non-hydrogen) atoms. The van der Waals surface area contributed by atoms with Gasteiger partial charge in [-0.05, 0) is 24.3 Å². The van der Waals surface area contributed by atoms with Crippen molar-refractivity contribution in [2.75, 3.05) is 5.73 Å². The number of pyridine rings is 1. The molecule has 3 atom stereocenters. The van der Waals surface area contributed by atoms with E-state index >= 15 is 0 Å². The molecule has 2 rings (SSSR count). The molecule has 0 bridgehead atoms. The first kappa shape index (κ1) is 8.51. The highest BCUT2D eigenvalue weighted by atomic mass is 16.3. The number of anilines is 1. The lowest BCUT2D eigenvalue weighted by atomic mass is 10.1. The van der Waals surface area contributed by atoms with E-state index in [2.05, 4.69) is 11.9 Å². The molecule has 1 aliphatic rings. The van der Waals surface area contributed by atoms with Gasteiger partial charge in [-0.3, -0.25) is 4.98 Å². The van der Waals surface area contributed by atoms with E-state index in [1.165, 1.54) is 0 Å². The number of rotatable bonds is 2. The summed E-state index contributed by atoms with van der Waals surface area (Å²) in [6.07, 6.45) is 3.96. The van der Waals surface area contributed by atoms with Crippen LogP contribution in [0.2, 0.25) is 0 Å². The first-order chi connectivity index (χ1) is 6.20. The molecule has 1 aliphatic carbocycles. The van der Waals surface area contributed by atoms with E-state index in [-0.39, 0.29) is 0 Å². The lowest BCUT2D eigenvalue weighted by molar-refractivity contribution is 0.148. The van der Waals surface area contributed by atoms with Crippen molar-refractivity contribution in [3.63, 3.8) is 0 Å². The van der Waals surface area contributed by atoms with Gasteiger partial charge >= 0.3 is 0 Å². The summed E-state index contributed by atoms with van der Waals surface area (Å²) in [5.41, 5.74) is 7.15. The van der Waals surface area contributed by atoms with Crippen molar-refractivity contribution in [1.29, 1.82) is 0 Å². The van der Waals surface area contributed by atoms with Crippen molar-refractivity contribution in [2.24, 2.45) is 11.8 Å². The maximum atomic E-state index is 9.89. The van der Waals surface area contributed by atoms with Crippen LogP contribution in [0.15, 0.2) is 18.5 Å². The number of nitrogen functional groups attached to an aromatic ring is 1. The number of aromatic nitrogens is 1. The molecule has 0 saturated heterocycles. The highest BCUT2D eigenvalue weighted by Crippen LogP contribution is 2.47. The Morgan fingerprint density at radius 1 is 1.69 bits per heavy atom. The van der Waals surface area contributed by atoms with Crippen molar-refractivity contribution >= 4 is 5.69 Å². The summed E-state index contributed by atoms with van der Waals surface area (Å²) < 4.78 is 0. The summed E-state index contributed by atoms with van der Waals surface area (Å²) in [5.74, 6) is 1.00. The van der Waals surface area contributed by atoms with Gasteiger partial charge in [-0.15, -0.1) is 0 Å². The molecule has 1 saturated carbocycles. The second kappa shape index (κ2) is 3.00. The fraction of sp³-hybridized carbons (Fsp3) is 0.500. The first-order valence-electron chi connectivity index (χ1n) is 4.57. The largest absolute Gasteiger partial charge is 0.398 e. The van der Waals surface area contributed by atoms with Gasteiger partial charge in [0.1, 0.15) is 0 Å². The van der Waals surface area contributed by atoms with Gasteiger partial charge in [0.15, 0.2) is 0 Å². The number of hydrogen-bond acceptors (Lipinski definition) is 3. The molecule has 0 radical (unpaired) electrons. The van der Waals surface area contributed by atoms with Gasteiger partial charge < -0.3 is 10.8 Å². The second-order valence-corrected chi connectivity index (χ2v) is 3.83. The number of nitrogens with zero attached hydrogens (tertiary/aromatic N) is 1. The Hall–Kier alpha value is -1.09. The predicted molar refractivity (Wildman–Crippen MR) is 50.9 cm³/mol. The topological polar surface area (TPSA) is 59.1 Å². The van der Waals surface area contributed by atoms with Crippen LogP contribution in [0.5, 0.6) is 0 Å². The smallest absolute Gasteiger partial charge is 0.0855 e. The molecule has 0 aromatic carbocycles. The van der Waals surface area contributed by atoms with Gasteiger partial charge in [-0.1, -0.05) is 6.92 Å². The number of aliphatic hydroxyl groups is 1. The summed E-state index contributed by atoms with van der Waals surface area (Å²) >= 11 is 0. The molecule has 1 fully saturated rings. The minimum Gasteiger partial charge on any atom is -0.398 e. The molecule has 3 heteroatoms. The minimum atomic E-state index is -0.427. The molecule has 0 amide bonds.